The van der Waals surface area contributed by atoms with Crippen LogP contribution in [0.5, 0.6) is 17.2 Å². The molecule has 0 heterocycles. The monoisotopic (exact) mass is 373 g/mol. The van der Waals surface area contributed by atoms with Crippen LogP contribution in [0.2, 0.25) is 0 Å². The fraction of sp³-hybridized carbons (Fsp3) is 0.381. The lowest BCUT2D eigenvalue weighted by Gasteiger charge is -2.22. The van der Waals surface area contributed by atoms with Crippen LogP contribution >= 0.6 is 0 Å². The van der Waals surface area contributed by atoms with E-state index in [1.54, 1.807) is 12.1 Å². The summed E-state index contributed by atoms with van der Waals surface area (Å²) in [5.74, 6) is 0.831. The Kier molecular flexibility index (Phi) is 7.49. The molecule has 0 spiro atoms. The van der Waals surface area contributed by atoms with Crippen molar-refractivity contribution < 1.29 is 23.7 Å². The molecule has 0 radical (unpaired) electrons. The van der Waals surface area contributed by atoms with E-state index in [-0.39, 0.29) is 6.10 Å². The van der Waals surface area contributed by atoms with Crippen LogP contribution in [-0.4, -0.2) is 51.9 Å². The molecule has 27 heavy (non-hydrogen) atoms. The summed E-state index contributed by atoms with van der Waals surface area (Å²) in [4.78, 5) is 14.7. The van der Waals surface area contributed by atoms with Crippen molar-refractivity contribution in [2.75, 3.05) is 34.9 Å². The summed E-state index contributed by atoms with van der Waals surface area (Å²) in [6.45, 7) is 3.27. The zero-order chi connectivity index (χ0) is 19.8. The topological polar surface area (TPSA) is 57.2 Å². The second-order valence-corrected chi connectivity index (χ2v) is 6.31. The molecular weight excluding hydrogens is 346 g/mol. The Bertz CT molecular complexity index is 722. The molecule has 0 N–H and O–H groups in total. The van der Waals surface area contributed by atoms with E-state index in [0.717, 1.165) is 6.54 Å². The largest absolute Gasteiger partial charge is 0.493 e. The van der Waals surface area contributed by atoms with E-state index in [1.165, 1.54) is 26.9 Å². The number of carbonyl (C=O) groups excluding carboxylic acids is 1. The summed E-state index contributed by atoms with van der Waals surface area (Å²) in [7, 11) is 6.53. The predicted octanol–water partition coefficient (Wildman–Crippen LogP) is 3.39. The first-order valence-electron chi connectivity index (χ1n) is 8.72. The number of rotatable bonds is 9. The van der Waals surface area contributed by atoms with Crippen LogP contribution in [0.3, 0.4) is 0 Å². The van der Waals surface area contributed by atoms with Crippen molar-refractivity contribution in [3.05, 3.63) is 53.6 Å². The van der Waals surface area contributed by atoms with Crippen LogP contribution in [0.4, 0.5) is 0 Å². The van der Waals surface area contributed by atoms with Crippen LogP contribution in [0.1, 0.15) is 22.8 Å². The molecule has 0 aliphatic carbocycles. The zero-order valence-electron chi connectivity index (χ0n) is 16.5. The van der Waals surface area contributed by atoms with Crippen LogP contribution in [0.15, 0.2) is 42.5 Å². The Balaban J connectivity index is 2.01. The molecular formula is C21H27NO5. The van der Waals surface area contributed by atoms with Crippen molar-refractivity contribution >= 4 is 5.97 Å². The molecule has 1 atom stereocenters. The van der Waals surface area contributed by atoms with Crippen molar-refractivity contribution in [3.8, 4) is 17.2 Å². The number of ether oxygens (including phenoxy) is 4. The van der Waals surface area contributed by atoms with Gasteiger partial charge in [0.15, 0.2) is 11.5 Å². The number of nitrogens with zero attached hydrogens (tertiary/aromatic N) is 1. The van der Waals surface area contributed by atoms with Gasteiger partial charge in [0, 0.05) is 13.1 Å². The van der Waals surface area contributed by atoms with Gasteiger partial charge in [-0.15, -0.1) is 0 Å². The van der Waals surface area contributed by atoms with Crippen LogP contribution in [0, 0.1) is 0 Å². The van der Waals surface area contributed by atoms with Gasteiger partial charge in [-0.3, -0.25) is 4.90 Å². The number of esters is 1. The molecule has 1 unspecified atom stereocenters. The van der Waals surface area contributed by atoms with Crippen molar-refractivity contribution in [3.63, 3.8) is 0 Å². The van der Waals surface area contributed by atoms with Crippen molar-refractivity contribution in [2.45, 2.75) is 19.6 Å². The van der Waals surface area contributed by atoms with Gasteiger partial charge in [0.2, 0.25) is 5.75 Å². The molecule has 0 fully saturated rings. The Morgan fingerprint density at radius 2 is 1.59 bits per heavy atom. The second-order valence-electron chi connectivity index (χ2n) is 6.31. The molecule has 0 aromatic heterocycles. The molecule has 2 aromatic rings. The minimum Gasteiger partial charge on any atom is -0.493 e. The maximum absolute atomic E-state index is 12.5. The van der Waals surface area contributed by atoms with Gasteiger partial charge in [0.25, 0.3) is 0 Å². The van der Waals surface area contributed by atoms with Crippen molar-refractivity contribution in [1.82, 2.24) is 4.90 Å². The highest BCUT2D eigenvalue weighted by molar-refractivity contribution is 5.91. The molecule has 2 aromatic carbocycles. The molecule has 0 amide bonds. The third kappa shape index (κ3) is 5.62. The van der Waals surface area contributed by atoms with Gasteiger partial charge < -0.3 is 18.9 Å². The number of methoxy groups -OCH3 is 3. The lowest BCUT2D eigenvalue weighted by molar-refractivity contribution is 0.0267. The smallest absolute Gasteiger partial charge is 0.338 e. The standard InChI is InChI=1S/C21H27NO5/c1-15(13-22(2)14-16-9-7-6-8-10-16)27-21(23)17-11-18(24-3)20(26-5)19(12-17)25-4/h6-12,15H,13-14H2,1-5H3. The van der Waals surface area contributed by atoms with Gasteiger partial charge in [-0.1, -0.05) is 30.3 Å². The van der Waals surface area contributed by atoms with Crippen molar-refractivity contribution in [1.29, 1.82) is 0 Å². The van der Waals surface area contributed by atoms with Gasteiger partial charge in [0.1, 0.15) is 6.10 Å². The maximum Gasteiger partial charge on any atom is 0.338 e. The first kappa shape index (κ1) is 20.6. The normalized spacial score (nSPS) is 11.8. The average molecular weight is 373 g/mol. The van der Waals surface area contributed by atoms with E-state index in [1.807, 2.05) is 32.2 Å². The van der Waals surface area contributed by atoms with Gasteiger partial charge in [0.05, 0.1) is 26.9 Å². The molecule has 0 bridgehead atoms. The van der Waals surface area contributed by atoms with Gasteiger partial charge in [-0.2, -0.15) is 0 Å². The first-order valence-corrected chi connectivity index (χ1v) is 8.72. The third-order valence-corrected chi connectivity index (χ3v) is 4.07. The Labute approximate surface area is 160 Å². The molecule has 6 heteroatoms. The van der Waals surface area contributed by atoms with E-state index in [0.29, 0.717) is 29.4 Å². The van der Waals surface area contributed by atoms with E-state index in [4.69, 9.17) is 18.9 Å². The predicted molar refractivity (Wildman–Crippen MR) is 104 cm³/mol. The molecule has 146 valence electrons. The highest BCUT2D eigenvalue weighted by atomic mass is 16.5. The zero-order valence-corrected chi connectivity index (χ0v) is 16.5. The Morgan fingerprint density at radius 1 is 1.00 bits per heavy atom. The highest BCUT2D eigenvalue weighted by Gasteiger charge is 2.20. The summed E-state index contributed by atoms with van der Waals surface area (Å²) in [6, 6.07) is 13.3. The lowest BCUT2D eigenvalue weighted by Crippen LogP contribution is -2.30. The quantitative estimate of drug-likeness (QED) is 0.628. The molecule has 0 aliphatic heterocycles. The van der Waals surface area contributed by atoms with Crippen LogP contribution in [-0.2, 0) is 11.3 Å². The van der Waals surface area contributed by atoms with Crippen molar-refractivity contribution in [2.24, 2.45) is 0 Å². The average Bonchev–Trinajstić information content (AvgIpc) is 2.67. The Hall–Kier alpha value is -2.73. The van der Waals surface area contributed by atoms with Gasteiger partial charge in [-0.25, -0.2) is 4.79 Å². The van der Waals surface area contributed by atoms with Crippen LogP contribution in [0.25, 0.3) is 0 Å². The molecule has 0 saturated heterocycles. The minimum atomic E-state index is -0.435. The summed E-state index contributed by atoms with van der Waals surface area (Å²) >= 11 is 0. The maximum atomic E-state index is 12.5. The van der Waals surface area contributed by atoms with Crippen LogP contribution < -0.4 is 14.2 Å². The number of hydrogen-bond acceptors (Lipinski definition) is 6. The third-order valence-electron chi connectivity index (χ3n) is 4.07. The summed E-state index contributed by atoms with van der Waals surface area (Å²) in [5.41, 5.74) is 1.56. The van der Waals surface area contributed by atoms with Gasteiger partial charge in [-0.05, 0) is 31.7 Å². The van der Waals surface area contributed by atoms with E-state index >= 15 is 0 Å². The van der Waals surface area contributed by atoms with Gasteiger partial charge >= 0.3 is 5.97 Å². The molecule has 0 aliphatic rings. The lowest BCUT2D eigenvalue weighted by atomic mass is 10.1. The van der Waals surface area contributed by atoms with E-state index in [2.05, 4.69) is 17.0 Å². The minimum absolute atomic E-state index is 0.273. The number of carbonyl (C=O) groups is 1. The summed E-state index contributed by atoms with van der Waals surface area (Å²) in [5, 5.41) is 0. The van der Waals surface area contributed by atoms with E-state index in [9.17, 15) is 4.79 Å². The van der Waals surface area contributed by atoms with E-state index < -0.39 is 5.97 Å². The SMILES string of the molecule is COc1cc(C(=O)OC(C)CN(C)Cc2ccccc2)cc(OC)c1OC. The Morgan fingerprint density at radius 3 is 2.11 bits per heavy atom. The summed E-state index contributed by atoms with van der Waals surface area (Å²) < 4.78 is 21.4. The highest BCUT2D eigenvalue weighted by Crippen LogP contribution is 2.38. The summed E-state index contributed by atoms with van der Waals surface area (Å²) in [6.07, 6.45) is -0.273. The second kappa shape index (κ2) is 9.83. The fourth-order valence-electron chi connectivity index (χ4n) is 2.89. The number of likely N-dealkylation sites (N-methyl/N-ethyl adjacent to an activating group) is 1. The fourth-order valence-corrected chi connectivity index (χ4v) is 2.89. The molecule has 2 rings (SSSR count). The number of hydrogen-bond donors (Lipinski definition) is 0. The molecule has 0 saturated carbocycles. The molecule has 6 nitrogen and oxygen atoms in total. The first-order chi connectivity index (χ1) is 13.0. The number of benzene rings is 2.